The number of para-hydroxylation sites is 2. The van der Waals surface area contributed by atoms with E-state index in [1.54, 1.807) is 0 Å². The fourth-order valence-electron chi connectivity index (χ4n) is 11.8. The molecule has 0 spiro atoms. The first kappa shape index (κ1) is 42.7. The van der Waals surface area contributed by atoms with Crippen LogP contribution in [0.25, 0.3) is 111 Å². The average molecular weight is 916 g/mol. The maximum absolute atomic E-state index is 5.42. The Kier molecular flexibility index (Phi) is 9.50. The minimum Gasteiger partial charge on any atom is -0.307 e. The van der Waals surface area contributed by atoms with Crippen LogP contribution in [0.1, 0.15) is 52.7 Å². The van der Waals surface area contributed by atoms with Crippen molar-refractivity contribution < 1.29 is 0 Å². The quantitative estimate of drug-likeness (QED) is 0.160. The van der Waals surface area contributed by atoms with Crippen LogP contribution < -0.4 is 0 Å². The summed E-state index contributed by atoms with van der Waals surface area (Å²) in [6.07, 6.45) is 0. The molecule has 0 aliphatic heterocycles. The van der Waals surface area contributed by atoms with Crippen molar-refractivity contribution in [3.05, 3.63) is 223 Å². The van der Waals surface area contributed by atoms with Crippen molar-refractivity contribution in [1.82, 2.24) is 24.1 Å². The first-order valence-electron chi connectivity index (χ1n) is 24.8. The van der Waals surface area contributed by atoms with Gasteiger partial charge in [0.2, 0.25) is 5.95 Å². The molecule has 0 saturated carbocycles. The Balaban J connectivity index is 1.00. The van der Waals surface area contributed by atoms with Crippen molar-refractivity contribution in [1.29, 1.82) is 0 Å². The van der Waals surface area contributed by atoms with E-state index in [1.807, 2.05) is 24.3 Å². The summed E-state index contributed by atoms with van der Waals surface area (Å²) in [7, 11) is 0. The van der Waals surface area contributed by atoms with Gasteiger partial charge in [0.1, 0.15) is 0 Å². The molecule has 1 aliphatic rings. The second-order valence-corrected chi connectivity index (χ2v) is 20.9. The molecule has 0 unspecified atom stereocenters. The van der Waals surface area contributed by atoms with E-state index in [4.69, 9.17) is 15.0 Å². The Morgan fingerprint density at radius 3 is 1.46 bits per heavy atom. The molecule has 0 N–H and O–H groups in total. The van der Waals surface area contributed by atoms with Crippen molar-refractivity contribution in [3.63, 3.8) is 0 Å². The van der Waals surface area contributed by atoms with Gasteiger partial charge in [0, 0.05) is 38.4 Å². The lowest BCUT2D eigenvalue weighted by atomic mass is 9.59. The van der Waals surface area contributed by atoms with Gasteiger partial charge in [-0.05, 0) is 97.2 Å². The summed E-state index contributed by atoms with van der Waals surface area (Å²) < 4.78 is 4.70. The number of benzene rings is 9. The number of aromatic nitrogens is 5. The number of hydrogen-bond acceptors (Lipinski definition) is 3. The van der Waals surface area contributed by atoms with Gasteiger partial charge in [-0.25, -0.2) is 4.98 Å². The van der Waals surface area contributed by atoms with E-state index in [0.717, 1.165) is 66.2 Å². The largest absolute Gasteiger partial charge is 0.307 e. The van der Waals surface area contributed by atoms with Crippen LogP contribution in [-0.4, -0.2) is 24.1 Å². The van der Waals surface area contributed by atoms with Gasteiger partial charge in [0.05, 0.1) is 22.1 Å². The normalized spacial score (nSPS) is 14.7. The molecule has 9 aromatic carbocycles. The lowest BCUT2D eigenvalue weighted by molar-refractivity contribution is 0.125. The maximum atomic E-state index is 5.42. The van der Waals surface area contributed by atoms with Gasteiger partial charge in [-0.2, -0.15) is 9.97 Å². The van der Waals surface area contributed by atoms with Gasteiger partial charge in [0.15, 0.2) is 11.6 Å². The minimum absolute atomic E-state index is 0.00992. The second kappa shape index (κ2) is 15.8. The van der Waals surface area contributed by atoms with E-state index >= 15 is 0 Å². The monoisotopic (exact) mass is 915 g/mol. The fraction of sp³-hybridized carbons (Fsp3) is 0.136. The Morgan fingerprint density at radius 2 is 0.817 bits per heavy atom. The molecule has 3 heterocycles. The Morgan fingerprint density at radius 1 is 0.338 bits per heavy atom. The highest BCUT2D eigenvalue weighted by atomic mass is 15.2. The molecule has 71 heavy (non-hydrogen) atoms. The molecule has 342 valence electrons. The Hall–Kier alpha value is -8.41. The summed E-state index contributed by atoms with van der Waals surface area (Å²) in [6, 6.07) is 76.4. The van der Waals surface area contributed by atoms with Crippen LogP contribution in [0, 0.1) is 5.41 Å². The first-order chi connectivity index (χ1) is 34.5. The van der Waals surface area contributed by atoms with Crippen LogP contribution in [0.5, 0.6) is 0 Å². The molecule has 1 aliphatic carbocycles. The molecule has 0 saturated heterocycles. The molecule has 5 nitrogen and oxygen atoms in total. The maximum Gasteiger partial charge on any atom is 0.238 e. The summed E-state index contributed by atoms with van der Waals surface area (Å²) in [6.45, 7) is 14.6. The molecule has 0 amide bonds. The van der Waals surface area contributed by atoms with E-state index < -0.39 is 0 Å². The zero-order valence-corrected chi connectivity index (χ0v) is 40.9. The number of hydrogen-bond donors (Lipinski definition) is 0. The number of fused-ring (bicyclic) bond motifs is 8. The zero-order valence-electron chi connectivity index (χ0n) is 40.9. The molecule has 3 aromatic heterocycles. The molecule has 0 radical (unpaired) electrons. The summed E-state index contributed by atoms with van der Waals surface area (Å²) in [4.78, 5) is 16.0. The van der Waals surface area contributed by atoms with Gasteiger partial charge < -0.3 is 4.57 Å². The van der Waals surface area contributed by atoms with Crippen LogP contribution in [0.4, 0.5) is 0 Å². The highest BCUT2D eigenvalue weighted by Crippen LogP contribution is 2.63. The highest BCUT2D eigenvalue weighted by Gasteiger charge is 2.57. The SMILES string of the molecule is CC1(C)c2cccc(-c3cccc(-c4ccc(-n5c6ccccc6c6ccc7c8ccccc8n(-c8nc(-c9ccccc9)nc(-c9cccc(-c%10ccccc%10)c9)n8)c7c65)cc4)c3)c2C(C)(C)C1(C)C. The van der Waals surface area contributed by atoms with Crippen LogP contribution in [0.3, 0.4) is 0 Å². The molecular formula is C66H53N5. The minimum atomic E-state index is -0.00992. The van der Waals surface area contributed by atoms with Gasteiger partial charge in [-0.1, -0.05) is 217 Å². The summed E-state index contributed by atoms with van der Waals surface area (Å²) >= 11 is 0. The smallest absolute Gasteiger partial charge is 0.238 e. The van der Waals surface area contributed by atoms with Gasteiger partial charge in [-0.3, -0.25) is 4.57 Å². The molecule has 12 aromatic rings. The topological polar surface area (TPSA) is 48.5 Å². The van der Waals surface area contributed by atoms with Crippen molar-refractivity contribution in [2.75, 3.05) is 0 Å². The van der Waals surface area contributed by atoms with E-state index in [0.29, 0.717) is 17.6 Å². The number of rotatable bonds is 7. The van der Waals surface area contributed by atoms with E-state index in [1.165, 1.54) is 38.8 Å². The standard InChI is InChI=1S/C66H53N5/c1-64(2)55-31-19-30-50(58(55)65(3,4)66(64,5)6)47-26-17-24-45(40-47)43-34-36-49(37-35-43)70-56-32-15-13-28-51(56)53-38-39-54-52-29-14-16-33-57(52)71(60(54)59(53)70)63-68-61(44-22-11-8-12-23-44)67-62(69-63)48-27-18-25-46(41-48)42-20-9-7-10-21-42/h7-41H,1-6H3. The summed E-state index contributed by atoms with van der Waals surface area (Å²) in [5, 5.41) is 4.60. The lowest BCUT2D eigenvalue weighted by Gasteiger charge is -2.44. The number of nitrogens with zero attached hydrogens (tertiary/aromatic N) is 5. The third-order valence-corrected chi connectivity index (χ3v) is 16.7. The molecule has 0 fully saturated rings. The molecule has 0 bridgehead atoms. The van der Waals surface area contributed by atoms with Crippen molar-refractivity contribution >= 4 is 43.6 Å². The first-order valence-corrected chi connectivity index (χ1v) is 24.8. The van der Waals surface area contributed by atoms with Crippen molar-refractivity contribution in [2.24, 2.45) is 5.41 Å². The molecular weight excluding hydrogens is 863 g/mol. The fourth-order valence-corrected chi connectivity index (χ4v) is 11.8. The summed E-state index contributed by atoms with van der Waals surface area (Å²) in [5.41, 5.74) is 17.4. The second-order valence-electron chi connectivity index (χ2n) is 20.9. The van der Waals surface area contributed by atoms with Gasteiger partial charge in [0.25, 0.3) is 0 Å². The van der Waals surface area contributed by atoms with Crippen LogP contribution in [0.2, 0.25) is 0 Å². The lowest BCUT2D eigenvalue weighted by Crippen LogP contribution is -2.42. The summed E-state index contributed by atoms with van der Waals surface area (Å²) in [5.74, 6) is 1.78. The Bertz CT molecular complexity index is 4060. The van der Waals surface area contributed by atoms with Crippen molar-refractivity contribution in [2.45, 2.75) is 52.4 Å². The zero-order chi connectivity index (χ0) is 48.2. The van der Waals surface area contributed by atoms with Gasteiger partial charge in [-0.15, -0.1) is 0 Å². The highest BCUT2D eigenvalue weighted by molar-refractivity contribution is 6.23. The van der Waals surface area contributed by atoms with Crippen molar-refractivity contribution in [3.8, 4) is 67.8 Å². The van der Waals surface area contributed by atoms with Gasteiger partial charge >= 0.3 is 0 Å². The van der Waals surface area contributed by atoms with E-state index in [-0.39, 0.29) is 16.2 Å². The molecule has 0 atom stereocenters. The third-order valence-electron chi connectivity index (χ3n) is 16.7. The average Bonchev–Trinajstić information content (AvgIpc) is 3.97. The third kappa shape index (κ3) is 6.42. The van der Waals surface area contributed by atoms with E-state index in [9.17, 15) is 0 Å². The molecule has 13 rings (SSSR count). The van der Waals surface area contributed by atoms with E-state index in [2.05, 4.69) is 239 Å². The van der Waals surface area contributed by atoms with Crippen LogP contribution in [-0.2, 0) is 10.8 Å². The Labute approximate surface area is 414 Å². The van der Waals surface area contributed by atoms with Crippen LogP contribution >= 0.6 is 0 Å². The molecule has 5 heteroatoms. The predicted octanol–water partition coefficient (Wildman–Crippen LogP) is 17.0. The predicted molar refractivity (Wildman–Crippen MR) is 296 cm³/mol. The van der Waals surface area contributed by atoms with Crippen LogP contribution in [0.15, 0.2) is 212 Å².